The molecule has 1 aromatic carbocycles. The average molecular weight is 380 g/mol. The lowest BCUT2D eigenvalue weighted by Gasteiger charge is -2.02. The van der Waals surface area contributed by atoms with E-state index in [0.29, 0.717) is 0 Å². The number of ether oxygens (including phenoxy) is 1. The van der Waals surface area contributed by atoms with Crippen molar-refractivity contribution in [3.8, 4) is 0 Å². The summed E-state index contributed by atoms with van der Waals surface area (Å²) in [6.07, 6.45) is 2.56. The van der Waals surface area contributed by atoms with E-state index in [-0.39, 0.29) is 0 Å². The maximum atomic E-state index is 12.6. The Morgan fingerprint density at radius 1 is 0.706 bits per heavy atom. The molecular weight excluding hydrogens is 372 g/mol. The number of hydrogen-bond donors (Lipinski definition) is 0. The first-order valence-electron chi connectivity index (χ1n) is 4.71. The van der Waals surface area contributed by atoms with Crippen LogP contribution < -0.4 is 0 Å². The van der Waals surface area contributed by atoms with Crippen LogP contribution in [-0.2, 0) is 4.74 Å². The van der Waals surface area contributed by atoms with E-state index in [1.807, 2.05) is 0 Å². The Kier molecular flexibility index (Phi) is 5.88. The first-order chi connectivity index (χ1) is 7.96. The van der Waals surface area contributed by atoms with Gasteiger partial charge in [-0.1, -0.05) is 0 Å². The highest BCUT2D eigenvalue weighted by Gasteiger charge is 2.21. The van der Waals surface area contributed by atoms with E-state index >= 15 is 0 Å². The Balaban J connectivity index is 0.000000239. The minimum atomic E-state index is -1.46. The number of benzene rings is 1. The van der Waals surface area contributed by atoms with Gasteiger partial charge in [-0.25, -0.2) is 17.6 Å². The molecule has 1 heterocycles. The summed E-state index contributed by atoms with van der Waals surface area (Å²) in [4.78, 5) is 0. The van der Waals surface area contributed by atoms with Crippen LogP contribution in [0.2, 0.25) is 0 Å². The second kappa shape index (κ2) is 6.70. The molecular formula is C10H8Br2F4O. The van der Waals surface area contributed by atoms with Crippen LogP contribution in [0.5, 0.6) is 0 Å². The molecule has 1 aromatic rings. The summed E-state index contributed by atoms with van der Waals surface area (Å²) in [6.45, 7) is 2.00. The topological polar surface area (TPSA) is 9.23 Å². The molecule has 2 rings (SSSR count). The van der Waals surface area contributed by atoms with Gasteiger partial charge in [0.25, 0.3) is 0 Å². The summed E-state index contributed by atoms with van der Waals surface area (Å²) >= 11 is 4.73. The number of rotatable bonds is 0. The van der Waals surface area contributed by atoms with Crippen molar-refractivity contribution in [1.29, 1.82) is 0 Å². The zero-order valence-electron chi connectivity index (χ0n) is 8.50. The Hall–Kier alpha value is -0.140. The van der Waals surface area contributed by atoms with Gasteiger partial charge in [-0.05, 0) is 44.7 Å². The Morgan fingerprint density at radius 3 is 1.18 bits per heavy atom. The Bertz CT molecular complexity index is 295. The molecule has 0 unspecified atom stereocenters. The minimum Gasteiger partial charge on any atom is -0.381 e. The van der Waals surface area contributed by atoms with E-state index in [1.165, 1.54) is 12.8 Å². The van der Waals surface area contributed by atoms with Crippen molar-refractivity contribution in [2.75, 3.05) is 13.2 Å². The summed E-state index contributed by atoms with van der Waals surface area (Å²) in [7, 11) is 0. The maximum absolute atomic E-state index is 12.6. The van der Waals surface area contributed by atoms with E-state index in [9.17, 15) is 17.6 Å². The van der Waals surface area contributed by atoms with Crippen molar-refractivity contribution < 1.29 is 22.3 Å². The summed E-state index contributed by atoms with van der Waals surface area (Å²) < 4.78 is 53.5. The molecule has 0 radical (unpaired) electrons. The van der Waals surface area contributed by atoms with Crippen LogP contribution >= 0.6 is 31.9 Å². The Labute approximate surface area is 112 Å². The quantitative estimate of drug-likeness (QED) is 0.364. The average Bonchev–Trinajstić information content (AvgIpc) is 2.90. The van der Waals surface area contributed by atoms with Gasteiger partial charge in [-0.15, -0.1) is 0 Å². The number of halogens is 6. The molecule has 0 atom stereocenters. The summed E-state index contributed by atoms with van der Waals surface area (Å²) in [5.74, 6) is -5.83. The van der Waals surface area contributed by atoms with E-state index in [4.69, 9.17) is 4.74 Å². The smallest absolute Gasteiger partial charge is 0.177 e. The highest BCUT2D eigenvalue weighted by Crippen LogP contribution is 2.30. The van der Waals surface area contributed by atoms with Crippen LogP contribution in [0.15, 0.2) is 8.95 Å². The molecule has 0 spiro atoms. The van der Waals surface area contributed by atoms with Crippen molar-refractivity contribution in [3.05, 3.63) is 32.2 Å². The molecule has 0 aromatic heterocycles. The molecule has 7 heteroatoms. The fraction of sp³-hybridized carbons (Fsp3) is 0.400. The van der Waals surface area contributed by atoms with Crippen LogP contribution in [0.1, 0.15) is 12.8 Å². The van der Waals surface area contributed by atoms with Crippen LogP contribution in [0.3, 0.4) is 0 Å². The largest absolute Gasteiger partial charge is 0.381 e. The third-order valence-corrected chi connectivity index (χ3v) is 3.38. The van der Waals surface area contributed by atoms with Crippen molar-refractivity contribution in [3.63, 3.8) is 0 Å². The number of hydrogen-bond acceptors (Lipinski definition) is 1. The van der Waals surface area contributed by atoms with Crippen LogP contribution in [-0.4, -0.2) is 13.2 Å². The molecule has 0 saturated carbocycles. The predicted octanol–water partition coefficient (Wildman–Crippen LogP) is 4.56. The molecule has 0 N–H and O–H groups in total. The van der Waals surface area contributed by atoms with Crippen molar-refractivity contribution in [1.82, 2.24) is 0 Å². The Morgan fingerprint density at radius 2 is 1.00 bits per heavy atom. The molecule has 0 aliphatic carbocycles. The molecule has 0 bridgehead atoms. The zero-order valence-corrected chi connectivity index (χ0v) is 11.7. The fourth-order valence-corrected chi connectivity index (χ4v) is 1.78. The van der Waals surface area contributed by atoms with Gasteiger partial charge >= 0.3 is 0 Å². The first kappa shape index (κ1) is 14.9. The molecule has 1 fully saturated rings. The molecule has 96 valence electrons. The normalized spacial score (nSPS) is 14.5. The van der Waals surface area contributed by atoms with Crippen LogP contribution in [0.4, 0.5) is 17.6 Å². The lowest BCUT2D eigenvalue weighted by atomic mass is 10.3. The second-order valence-electron chi connectivity index (χ2n) is 3.20. The van der Waals surface area contributed by atoms with Gasteiger partial charge in [0.2, 0.25) is 0 Å². The molecule has 1 saturated heterocycles. The molecule has 1 nitrogen and oxygen atoms in total. The van der Waals surface area contributed by atoms with Crippen LogP contribution in [0, 0.1) is 23.3 Å². The van der Waals surface area contributed by atoms with Crippen molar-refractivity contribution >= 4 is 31.9 Å². The fourth-order valence-electron chi connectivity index (χ4n) is 1.09. The maximum Gasteiger partial charge on any atom is 0.177 e. The first-order valence-corrected chi connectivity index (χ1v) is 6.30. The lowest BCUT2D eigenvalue weighted by Crippen LogP contribution is -1.97. The summed E-state index contributed by atoms with van der Waals surface area (Å²) in [5.41, 5.74) is 0. The molecule has 17 heavy (non-hydrogen) atoms. The van der Waals surface area contributed by atoms with Crippen molar-refractivity contribution in [2.24, 2.45) is 0 Å². The second-order valence-corrected chi connectivity index (χ2v) is 4.79. The highest BCUT2D eigenvalue weighted by atomic mass is 79.9. The predicted molar refractivity (Wildman–Crippen MR) is 61.7 cm³/mol. The van der Waals surface area contributed by atoms with E-state index < -0.39 is 32.2 Å². The zero-order chi connectivity index (χ0) is 13.0. The summed E-state index contributed by atoms with van der Waals surface area (Å²) in [6, 6.07) is 0. The standard InChI is InChI=1S/C6Br2F4.C4H8O/c7-1-3(9)5(11)2(8)6(12)4(1)10;1-2-4-5-3-1/h;1-4H2. The van der Waals surface area contributed by atoms with E-state index in [0.717, 1.165) is 13.2 Å². The van der Waals surface area contributed by atoms with Gasteiger partial charge < -0.3 is 4.74 Å². The van der Waals surface area contributed by atoms with Gasteiger partial charge in [0.1, 0.15) is 0 Å². The van der Waals surface area contributed by atoms with Crippen LogP contribution in [0.25, 0.3) is 0 Å². The third kappa shape index (κ3) is 3.66. The highest BCUT2D eigenvalue weighted by molar-refractivity contribution is 9.11. The van der Waals surface area contributed by atoms with Gasteiger partial charge in [0.05, 0.1) is 8.95 Å². The van der Waals surface area contributed by atoms with Gasteiger partial charge in [-0.3, -0.25) is 0 Å². The summed E-state index contributed by atoms with van der Waals surface area (Å²) in [5, 5.41) is 0. The molecule has 0 amide bonds. The minimum absolute atomic E-state index is 0.847. The lowest BCUT2D eigenvalue weighted by molar-refractivity contribution is 0.198. The van der Waals surface area contributed by atoms with E-state index in [1.54, 1.807) is 0 Å². The van der Waals surface area contributed by atoms with E-state index in [2.05, 4.69) is 31.9 Å². The van der Waals surface area contributed by atoms with Gasteiger partial charge in [0.15, 0.2) is 23.3 Å². The van der Waals surface area contributed by atoms with Gasteiger partial charge in [0, 0.05) is 13.2 Å². The monoisotopic (exact) mass is 378 g/mol. The third-order valence-electron chi connectivity index (χ3n) is 1.98. The van der Waals surface area contributed by atoms with Crippen molar-refractivity contribution in [2.45, 2.75) is 12.8 Å². The molecule has 1 aliphatic heterocycles. The van der Waals surface area contributed by atoms with Gasteiger partial charge in [-0.2, -0.15) is 0 Å². The SMILES string of the molecule is C1CCOC1.Fc1c(F)c(Br)c(F)c(F)c1Br. The molecule has 1 aliphatic rings.